The summed E-state index contributed by atoms with van der Waals surface area (Å²) in [5, 5.41) is 11.0. The highest BCUT2D eigenvalue weighted by atomic mass is 16.6. The van der Waals surface area contributed by atoms with Gasteiger partial charge < -0.3 is 9.80 Å². The SMILES string of the molecule is CN(Cc1ccccc1)C(=O)[C@@H]1CCC[NH+](Cc2cccc([N+](=O)[O-])c2)C1. The molecule has 0 aromatic heterocycles. The molecule has 0 radical (unpaired) electrons. The molecule has 2 atom stereocenters. The van der Waals surface area contributed by atoms with E-state index in [4.69, 9.17) is 0 Å². The molecule has 0 bridgehead atoms. The van der Waals surface area contributed by atoms with Crippen molar-refractivity contribution in [3.05, 3.63) is 75.8 Å². The molecule has 3 rings (SSSR count). The van der Waals surface area contributed by atoms with Gasteiger partial charge in [0.05, 0.1) is 23.9 Å². The Morgan fingerprint density at radius 3 is 2.67 bits per heavy atom. The molecule has 0 saturated carbocycles. The van der Waals surface area contributed by atoms with Gasteiger partial charge in [0.1, 0.15) is 6.54 Å². The Hall–Kier alpha value is -2.73. The van der Waals surface area contributed by atoms with E-state index < -0.39 is 0 Å². The number of hydrogen-bond acceptors (Lipinski definition) is 3. The fraction of sp³-hybridized carbons (Fsp3) is 0.381. The molecule has 1 unspecified atom stereocenters. The molecule has 1 heterocycles. The van der Waals surface area contributed by atoms with Crippen LogP contribution in [0.2, 0.25) is 0 Å². The number of hydrogen-bond donors (Lipinski definition) is 1. The summed E-state index contributed by atoms with van der Waals surface area (Å²) in [5.74, 6) is 0.205. The van der Waals surface area contributed by atoms with E-state index in [-0.39, 0.29) is 22.4 Å². The Morgan fingerprint density at radius 1 is 1.19 bits per heavy atom. The number of likely N-dealkylation sites (tertiary alicyclic amines) is 1. The van der Waals surface area contributed by atoms with Crippen molar-refractivity contribution in [2.75, 3.05) is 20.1 Å². The topological polar surface area (TPSA) is 67.9 Å². The van der Waals surface area contributed by atoms with Gasteiger partial charge in [-0.25, -0.2) is 0 Å². The van der Waals surface area contributed by atoms with Gasteiger partial charge >= 0.3 is 0 Å². The minimum atomic E-state index is -0.361. The maximum Gasteiger partial charge on any atom is 0.269 e. The maximum atomic E-state index is 12.9. The summed E-state index contributed by atoms with van der Waals surface area (Å²) in [6.07, 6.45) is 1.91. The summed E-state index contributed by atoms with van der Waals surface area (Å²) < 4.78 is 0. The second-order valence-electron chi connectivity index (χ2n) is 7.33. The molecule has 0 spiro atoms. The summed E-state index contributed by atoms with van der Waals surface area (Å²) in [6, 6.07) is 16.8. The van der Waals surface area contributed by atoms with Gasteiger partial charge in [0.25, 0.3) is 5.69 Å². The highest BCUT2D eigenvalue weighted by Crippen LogP contribution is 2.15. The molecule has 0 aliphatic carbocycles. The van der Waals surface area contributed by atoms with Gasteiger partial charge in [0.2, 0.25) is 5.91 Å². The number of rotatable bonds is 6. The minimum absolute atomic E-state index is 0.0150. The number of piperidine rings is 1. The van der Waals surface area contributed by atoms with E-state index in [0.29, 0.717) is 13.1 Å². The van der Waals surface area contributed by atoms with Gasteiger partial charge in [-0.3, -0.25) is 14.9 Å². The van der Waals surface area contributed by atoms with Crippen molar-refractivity contribution in [3.8, 4) is 0 Å². The van der Waals surface area contributed by atoms with Crippen molar-refractivity contribution in [3.63, 3.8) is 0 Å². The molecule has 6 nitrogen and oxygen atoms in total. The second-order valence-corrected chi connectivity index (χ2v) is 7.33. The first-order chi connectivity index (χ1) is 13.0. The number of nitrogens with zero attached hydrogens (tertiary/aromatic N) is 2. The van der Waals surface area contributed by atoms with Crippen LogP contribution < -0.4 is 4.90 Å². The van der Waals surface area contributed by atoms with Gasteiger partial charge in [-0.1, -0.05) is 42.5 Å². The summed E-state index contributed by atoms with van der Waals surface area (Å²) >= 11 is 0. The zero-order chi connectivity index (χ0) is 19.2. The second kappa shape index (κ2) is 8.77. The lowest BCUT2D eigenvalue weighted by atomic mass is 9.96. The number of nitro benzene ring substituents is 1. The van der Waals surface area contributed by atoms with E-state index in [1.807, 2.05) is 48.3 Å². The highest BCUT2D eigenvalue weighted by Gasteiger charge is 2.30. The normalized spacial score (nSPS) is 19.4. The third kappa shape index (κ3) is 5.14. The first kappa shape index (κ1) is 19.0. The van der Waals surface area contributed by atoms with Crippen LogP contribution in [0.3, 0.4) is 0 Å². The Balaban J connectivity index is 1.59. The predicted molar refractivity (Wildman–Crippen MR) is 103 cm³/mol. The molecule has 1 N–H and O–H groups in total. The Morgan fingerprint density at radius 2 is 1.93 bits per heavy atom. The Bertz CT molecular complexity index is 794. The number of amides is 1. The van der Waals surface area contributed by atoms with Gasteiger partial charge in [-0.15, -0.1) is 0 Å². The van der Waals surface area contributed by atoms with Crippen molar-refractivity contribution in [1.82, 2.24) is 4.90 Å². The van der Waals surface area contributed by atoms with Gasteiger partial charge in [-0.05, 0) is 18.4 Å². The van der Waals surface area contributed by atoms with Gasteiger partial charge in [0.15, 0.2) is 0 Å². The number of benzene rings is 2. The van der Waals surface area contributed by atoms with Crippen molar-refractivity contribution in [2.45, 2.75) is 25.9 Å². The van der Waals surface area contributed by atoms with Crippen LogP contribution in [0.5, 0.6) is 0 Å². The number of carbonyl (C=O) groups is 1. The van der Waals surface area contributed by atoms with E-state index in [0.717, 1.165) is 37.1 Å². The van der Waals surface area contributed by atoms with Crippen LogP contribution in [0.15, 0.2) is 54.6 Å². The average molecular weight is 368 g/mol. The van der Waals surface area contributed by atoms with E-state index >= 15 is 0 Å². The molecule has 2 aromatic carbocycles. The Kier molecular flexibility index (Phi) is 6.19. The number of nitro groups is 1. The number of quaternary nitrogens is 1. The van der Waals surface area contributed by atoms with Crippen LogP contribution in [-0.2, 0) is 17.9 Å². The van der Waals surface area contributed by atoms with E-state index in [2.05, 4.69) is 0 Å². The van der Waals surface area contributed by atoms with Crippen LogP contribution in [0.1, 0.15) is 24.0 Å². The van der Waals surface area contributed by atoms with Crippen molar-refractivity contribution in [1.29, 1.82) is 0 Å². The highest BCUT2D eigenvalue weighted by molar-refractivity contribution is 5.78. The van der Waals surface area contributed by atoms with Crippen molar-refractivity contribution >= 4 is 11.6 Å². The van der Waals surface area contributed by atoms with E-state index in [1.165, 1.54) is 11.0 Å². The molecule has 1 fully saturated rings. The summed E-state index contributed by atoms with van der Waals surface area (Å²) in [4.78, 5) is 26.6. The molecule has 2 aromatic rings. The molecule has 1 amide bonds. The van der Waals surface area contributed by atoms with Crippen LogP contribution in [0.4, 0.5) is 5.69 Å². The van der Waals surface area contributed by atoms with Crippen LogP contribution in [0, 0.1) is 16.0 Å². The molecular formula is C21H26N3O3+. The quantitative estimate of drug-likeness (QED) is 0.627. The minimum Gasteiger partial charge on any atom is -0.341 e. The number of carbonyl (C=O) groups excluding carboxylic acids is 1. The molecule has 1 saturated heterocycles. The predicted octanol–water partition coefficient (Wildman–Crippen LogP) is 2.05. The van der Waals surface area contributed by atoms with Crippen molar-refractivity contribution < 1.29 is 14.6 Å². The molecule has 27 heavy (non-hydrogen) atoms. The number of nitrogens with one attached hydrogen (secondary N) is 1. The standard InChI is InChI=1S/C21H25N3O3/c1-22(14-17-7-3-2-4-8-17)21(25)19-10-6-12-23(16-19)15-18-9-5-11-20(13-18)24(26)27/h2-5,7-9,11,13,19H,6,10,12,14-16H2,1H3/p+1/t19-/m1/s1. The molecule has 6 heteroatoms. The third-order valence-electron chi connectivity index (χ3n) is 5.18. The smallest absolute Gasteiger partial charge is 0.269 e. The fourth-order valence-corrected chi connectivity index (χ4v) is 3.84. The lowest BCUT2D eigenvalue weighted by molar-refractivity contribution is -0.921. The zero-order valence-electron chi connectivity index (χ0n) is 15.6. The Labute approximate surface area is 159 Å². The lowest BCUT2D eigenvalue weighted by Gasteiger charge is -2.31. The number of non-ortho nitro benzene ring substituents is 1. The molecular weight excluding hydrogens is 342 g/mol. The van der Waals surface area contributed by atoms with Crippen LogP contribution in [-0.4, -0.2) is 35.9 Å². The summed E-state index contributed by atoms with van der Waals surface area (Å²) in [6.45, 7) is 3.11. The van der Waals surface area contributed by atoms with Gasteiger partial charge in [-0.2, -0.15) is 0 Å². The maximum absolute atomic E-state index is 12.9. The van der Waals surface area contributed by atoms with Crippen LogP contribution >= 0.6 is 0 Å². The molecule has 1 aliphatic heterocycles. The first-order valence-electron chi connectivity index (χ1n) is 9.38. The monoisotopic (exact) mass is 368 g/mol. The summed E-state index contributed by atoms with van der Waals surface area (Å²) in [5.41, 5.74) is 2.20. The lowest BCUT2D eigenvalue weighted by Crippen LogP contribution is -3.12. The fourth-order valence-electron chi connectivity index (χ4n) is 3.84. The average Bonchev–Trinajstić information content (AvgIpc) is 2.68. The summed E-state index contributed by atoms with van der Waals surface area (Å²) in [7, 11) is 1.87. The van der Waals surface area contributed by atoms with Crippen LogP contribution in [0.25, 0.3) is 0 Å². The molecule has 142 valence electrons. The van der Waals surface area contributed by atoms with Gasteiger partial charge in [0, 0.05) is 31.3 Å². The zero-order valence-corrected chi connectivity index (χ0v) is 15.6. The third-order valence-corrected chi connectivity index (χ3v) is 5.18. The largest absolute Gasteiger partial charge is 0.341 e. The van der Waals surface area contributed by atoms with Crippen molar-refractivity contribution in [2.24, 2.45) is 5.92 Å². The molecule has 1 aliphatic rings. The first-order valence-corrected chi connectivity index (χ1v) is 9.38. The van der Waals surface area contributed by atoms with E-state index in [1.54, 1.807) is 12.1 Å². The van der Waals surface area contributed by atoms with E-state index in [9.17, 15) is 14.9 Å².